The Morgan fingerprint density at radius 1 is 1.18 bits per heavy atom. The summed E-state index contributed by atoms with van der Waals surface area (Å²) in [7, 11) is 0. The summed E-state index contributed by atoms with van der Waals surface area (Å²) in [5, 5.41) is 0. The quantitative estimate of drug-likeness (QED) is 0.550. The van der Waals surface area contributed by atoms with Crippen molar-refractivity contribution in [1.29, 1.82) is 0 Å². The zero-order valence-corrected chi connectivity index (χ0v) is 11.0. The topological polar surface area (TPSA) is 17.1 Å². The van der Waals surface area contributed by atoms with E-state index < -0.39 is 0 Å². The molecular weight excluding hydrogens is 208 g/mol. The van der Waals surface area contributed by atoms with Crippen molar-refractivity contribution in [1.82, 2.24) is 0 Å². The number of rotatable bonds is 2. The molecule has 17 heavy (non-hydrogen) atoms. The molecule has 0 N–H and O–H groups in total. The van der Waals surface area contributed by atoms with Crippen molar-refractivity contribution in [3.63, 3.8) is 0 Å². The average molecular weight is 228 g/mol. The second-order valence-electron chi connectivity index (χ2n) is 5.64. The van der Waals surface area contributed by atoms with Crippen molar-refractivity contribution < 1.29 is 4.79 Å². The van der Waals surface area contributed by atoms with Gasteiger partial charge in [-0.3, -0.25) is 4.79 Å². The number of benzene rings is 1. The zero-order chi connectivity index (χ0) is 12.6. The van der Waals surface area contributed by atoms with Crippen LogP contribution in [0.1, 0.15) is 38.1 Å². The summed E-state index contributed by atoms with van der Waals surface area (Å²) in [6, 6.07) is 9.64. The molecule has 1 aliphatic rings. The van der Waals surface area contributed by atoms with E-state index in [0.717, 1.165) is 5.56 Å². The van der Waals surface area contributed by atoms with Gasteiger partial charge in [0.25, 0.3) is 0 Å². The first-order valence-corrected chi connectivity index (χ1v) is 6.22. The van der Waals surface area contributed by atoms with Gasteiger partial charge in [-0.05, 0) is 18.3 Å². The van der Waals surface area contributed by atoms with Crippen LogP contribution in [0.2, 0.25) is 0 Å². The maximum absolute atomic E-state index is 12.6. The molecule has 0 saturated heterocycles. The van der Waals surface area contributed by atoms with E-state index in [1.807, 2.05) is 30.3 Å². The van der Waals surface area contributed by atoms with Crippen LogP contribution in [0.15, 0.2) is 42.0 Å². The summed E-state index contributed by atoms with van der Waals surface area (Å²) in [5.74, 6) is 0.679. The highest BCUT2D eigenvalue weighted by molar-refractivity contribution is 5.99. The molecule has 1 aliphatic carbocycles. The molecule has 0 radical (unpaired) electrons. The van der Waals surface area contributed by atoms with Crippen molar-refractivity contribution in [2.75, 3.05) is 0 Å². The molecule has 2 rings (SSSR count). The van der Waals surface area contributed by atoms with Crippen LogP contribution >= 0.6 is 0 Å². The van der Waals surface area contributed by atoms with Gasteiger partial charge >= 0.3 is 0 Å². The third kappa shape index (κ3) is 1.95. The fourth-order valence-electron chi connectivity index (χ4n) is 2.96. The van der Waals surface area contributed by atoms with Crippen molar-refractivity contribution in [2.45, 2.75) is 27.7 Å². The third-order valence-corrected chi connectivity index (χ3v) is 4.17. The normalized spacial score (nSPS) is 26.7. The van der Waals surface area contributed by atoms with Gasteiger partial charge in [0.1, 0.15) is 0 Å². The number of hydrogen-bond donors (Lipinski definition) is 0. The Labute approximate surface area is 104 Å². The number of Topliss-reactive ketones (excluding diaryl/α,β-unsaturated/α-hetero) is 1. The summed E-state index contributed by atoms with van der Waals surface area (Å²) in [6.45, 7) is 8.63. The van der Waals surface area contributed by atoms with Gasteiger partial charge in [0.05, 0.1) is 0 Å². The molecule has 90 valence electrons. The van der Waals surface area contributed by atoms with Gasteiger partial charge in [-0.25, -0.2) is 0 Å². The van der Waals surface area contributed by atoms with E-state index in [2.05, 4.69) is 33.8 Å². The minimum absolute atomic E-state index is 0.0215. The summed E-state index contributed by atoms with van der Waals surface area (Å²) in [4.78, 5) is 12.6. The van der Waals surface area contributed by atoms with Gasteiger partial charge in [-0.2, -0.15) is 0 Å². The molecule has 1 nitrogen and oxygen atoms in total. The minimum atomic E-state index is -0.0215. The van der Waals surface area contributed by atoms with E-state index in [1.54, 1.807) is 0 Å². The minimum Gasteiger partial charge on any atom is -0.294 e. The Balaban J connectivity index is 2.34. The lowest BCUT2D eigenvalue weighted by molar-refractivity contribution is 0.0812. The van der Waals surface area contributed by atoms with Crippen LogP contribution in [0.4, 0.5) is 0 Å². The molecule has 0 amide bonds. The van der Waals surface area contributed by atoms with Gasteiger partial charge in [-0.15, -0.1) is 0 Å². The van der Waals surface area contributed by atoms with Crippen molar-refractivity contribution >= 4 is 5.78 Å². The fraction of sp³-hybridized carbons (Fsp3) is 0.438. The Hall–Kier alpha value is -1.37. The lowest BCUT2D eigenvalue weighted by atomic mass is 9.71. The van der Waals surface area contributed by atoms with Crippen LogP contribution in [0.5, 0.6) is 0 Å². The molecule has 0 saturated carbocycles. The largest absolute Gasteiger partial charge is 0.294 e. The molecule has 0 aliphatic heterocycles. The van der Waals surface area contributed by atoms with Crippen molar-refractivity contribution in [3.8, 4) is 0 Å². The number of hydrogen-bond acceptors (Lipinski definition) is 1. The molecule has 2 atom stereocenters. The standard InChI is InChI=1S/C16H20O/c1-11-10-12(2)16(3,4)14(11)15(17)13-8-6-5-7-9-13/h5-11,14H,1-4H3/t11-,14+/m1/s1. The smallest absolute Gasteiger partial charge is 0.167 e. The maximum Gasteiger partial charge on any atom is 0.167 e. The SMILES string of the molecule is CC1=C[C@@H](C)[C@@H](C(=O)c2ccccc2)C1(C)C. The molecule has 1 aromatic rings. The van der Waals surface area contributed by atoms with Gasteiger partial charge in [0, 0.05) is 11.5 Å². The molecule has 0 heterocycles. The van der Waals surface area contributed by atoms with Crippen molar-refractivity contribution in [3.05, 3.63) is 47.5 Å². The van der Waals surface area contributed by atoms with Crippen LogP contribution in [0.25, 0.3) is 0 Å². The van der Waals surface area contributed by atoms with Gasteiger partial charge < -0.3 is 0 Å². The number of allylic oxidation sites excluding steroid dienone is 2. The lowest BCUT2D eigenvalue weighted by Gasteiger charge is -2.30. The highest BCUT2D eigenvalue weighted by atomic mass is 16.1. The maximum atomic E-state index is 12.6. The van der Waals surface area contributed by atoms with Crippen LogP contribution in [-0.2, 0) is 0 Å². The number of carbonyl (C=O) groups excluding carboxylic acids is 1. The molecule has 1 heteroatoms. The lowest BCUT2D eigenvalue weighted by Crippen LogP contribution is -2.31. The number of ketones is 1. The molecule has 0 fully saturated rings. The van der Waals surface area contributed by atoms with E-state index in [-0.39, 0.29) is 17.1 Å². The van der Waals surface area contributed by atoms with Crippen LogP contribution in [-0.4, -0.2) is 5.78 Å². The Morgan fingerprint density at radius 3 is 2.24 bits per heavy atom. The summed E-state index contributed by atoms with van der Waals surface area (Å²) < 4.78 is 0. The van der Waals surface area contributed by atoms with E-state index in [0.29, 0.717) is 5.92 Å². The van der Waals surface area contributed by atoms with Gasteiger partial charge in [0.2, 0.25) is 0 Å². The molecule has 0 aromatic heterocycles. The highest BCUT2D eigenvalue weighted by Crippen LogP contribution is 2.47. The van der Waals surface area contributed by atoms with Gasteiger partial charge in [0.15, 0.2) is 5.78 Å². The monoisotopic (exact) mass is 228 g/mol. The van der Waals surface area contributed by atoms with Gasteiger partial charge in [-0.1, -0.05) is 62.8 Å². The summed E-state index contributed by atoms with van der Waals surface area (Å²) in [6.07, 6.45) is 2.24. The Kier molecular flexibility index (Phi) is 2.94. The Morgan fingerprint density at radius 2 is 1.76 bits per heavy atom. The first kappa shape index (κ1) is 12.1. The van der Waals surface area contributed by atoms with E-state index in [4.69, 9.17) is 0 Å². The van der Waals surface area contributed by atoms with E-state index in [1.165, 1.54) is 5.57 Å². The van der Waals surface area contributed by atoms with Crippen molar-refractivity contribution in [2.24, 2.45) is 17.3 Å². The predicted molar refractivity (Wildman–Crippen MR) is 71.0 cm³/mol. The highest BCUT2D eigenvalue weighted by Gasteiger charge is 2.43. The first-order valence-electron chi connectivity index (χ1n) is 6.22. The molecule has 0 unspecified atom stereocenters. The summed E-state index contributed by atoms with van der Waals surface area (Å²) in [5.41, 5.74) is 2.15. The van der Waals surface area contributed by atoms with E-state index in [9.17, 15) is 4.79 Å². The van der Waals surface area contributed by atoms with Crippen LogP contribution in [0, 0.1) is 17.3 Å². The molecular formula is C16H20O. The Bertz CT molecular complexity index is 454. The number of carbonyl (C=O) groups is 1. The van der Waals surface area contributed by atoms with E-state index >= 15 is 0 Å². The fourth-order valence-corrected chi connectivity index (χ4v) is 2.96. The molecule has 0 bridgehead atoms. The second kappa shape index (κ2) is 4.14. The zero-order valence-electron chi connectivity index (χ0n) is 11.0. The molecule has 0 spiro atoms. The average Bonchev–Trinajstić information content (AvgIpc) is 2.49. The second-order valence-corrected chi connectivity index (χ2v) is 5.64. The third-order valence-electron chi connectivity index (χ3n) is 4.17. The predicted octanol–water partition coefficient (Wildman–Crippen LogP) is 4.11. The molecule has 1 aromatic carbocycles. The van der Waals surface area contributed by atoms with Crippen LogP contribution in [0.3, 0.4) is 0 Å². The summed E-state index contributed by atoms with van der Waals surface area (Å²) >= 11 is 0. The van der Waals surface area contributed by atoms with Crippen LogP contribution < -0.4 is 0 Å². The first-order chi connectivity index (χ1) is 7.94.